The van der Waals surface area contributed by atoms with E-state index in [4.69, 9.17) is 5.11 Å². The number of carboxylic acid groups (broad SMARTS) is 1. The second-order valence-electron chi connectivity index (χ2n) is 5.87. The molecule has 0 aliphatic carbocycles. The number of rotatable bonds is 5. The molecule has 0 amide bonds. The molecule has 5 nitrogen and oxygen atoms in total. The van der Waals surface area contributed by atoms with E-state index < -0.39 is 15.8 Å². The number of nitrogens with zero attached hydrogens (tertiary/aromatic N) is 1. The quantitative estimate of drug-likeness (QED) is 0.896. The molecule has 2 rings (SSSR count). The molecule has 0 saturated carbocycles. The van der Waals surface area contributed by atoms with Gasteiger partial charge in [0.25, 0.3) is 0 Å². The Morgan fingerprint density at radius 3 is 2.48 bits per heavy atom. The van der Waals surface area contributed by atoms with E-state index in [9.17, 15) is 13.2 Å². The average Bonchev–Trinajstić information content (AvgIpc) is 2.76. The van der Waals surface area contributed by atoms with E-state index in [0.717, 1.165) is 13.1 Å². The van der Waals surface area contributed by atoms with Gasteiger partial charge in [-0.3, -0.25) is 0 Å². The number of hydrogen-bond donors (Lipinski definition) is 1. The molecule has 1 N–H and O–H groups in total. The van der Waals surface area contributed by atoms with Crippen LogP contribution >= 0.6 is 0 Å². The number of likely N-dealkylation sites (tertiary alicyclic amines) is 1. The van der Waals surface area contributed by atoms with Gasteiger partial charge in [0.2, 0.25) is 0 Å². The zero-order chi connectivity index (χ0) is 15.6. The van der Waals surface area contributed by atoms with Crippen LogP contribution in [0, 0.1) is 11.8 Å². The molecule has 0 aromatic heterocycles. The monoisotopic (exact) mass is 311 g/mol. The third kappa shape index (κ3) is 3.83. The largest absolute Gasteiger partial charge is 0.478 e. The van der Waals surface area contributed by atoms with Crippen molar-refractivity contribution >= 4 is 15.8 Å². The molecule has 2 unspecified atom stereocenters. The smallest absolute Gasteiger partial charge is 0.335 e. The summed E-state index contributed by atoms with van der Waals surface area (Å²) in [5.41, 5.74) is -0.000470. The van der Waals surface area contributed by atoms with Crippen molar-refractivity contribution in [3.63, 3.8) is 0 Å². The summed E-state index contributed by atoms with van der Waals surface area (Å²) in [4.78, 5) is 13.2. The topological polar surface area (TPSA) is 74.7 Å². The standard InChI is InChI=1S/C15H21NO4S/c1-11-9-16(10-12(11)2)6-7-21(19,20)14-5-3-4-13(8-14)15(17)18/h3-5,8,11-12H,6-7,9-10H2,1-2H3,(H,17,18). The maximum absolute atomic E-state index is 12.3. The van der Waals surface area contributed by atoms with Gasteiger partial charge < -0.3 is 10.0 Å². The molecule has 1 saturated heterocycles. The van der Waals surface area contributed by atoms with E-state index >= 15 is 0 Å². The molecule has 1 aromatic rings. The predicted molar refractivity (Wildman–Crippen MR) is 80.2 cm³/mol. The zero-order valence-corrected chi connectivity index (χ0v) is 13.1. The SMILES string of the molecule is CC1CN(CCS(=O)(=O)c2cccc(C(=O)O)c2)CC1C. The van der Waals surface area contributed by atoms with Crippen LogP contribution in [0.25, 0.3) is 0 Å². The normalized spacial score (nSPS) is 23.3. The van der Waals surface area contributed by atoms with Crippen LogP contribution in [0.1, 0.15) is 24.2 Å². The zero-order valence-electron chi connectivity index (χ0n) is 12.3. The van der Waals surface area contributed by atoms with Crippen molar-refractivity contribution in [1.82, 2.24) is 4.90 Å². The van der Waals surface area contributed by atoms with E-state index in [2.05, 4.69) is 18.7 Å². The van der Waals surface area contributed by atoms with E-state index in [1.165, 1.54) is 24.3 Å². The van der Waals surface area contributed by atoms with Crippen molar-refractivity contribution in [3.05, 3.63) is 29.8 Å². The highest BCUT2D eigenvalue weighted by molar-refractivity contribution is 7.91. The Kier molecular flexibility index (Phi) is 4.68. The first-order valence-corrected chi connectivity index (χ1v) is 8.73. The maximum Gasteiger partial charge on any atom is 0.335 e. The molecule has 116 valence electrons. The highest BCUT2D eigenvalue weighted by Gasteiger charge is 2.27. The molecule has 0 radical (unpaired) electrons. The Morgan fingerprint density at radius 2 is 1.90 bits per heavy atom. The van der Waals surface area contributed by atoms with Gasteiger partial charge in [0.05, 0.1) is 16.2 Å². The number of sulfone groups is 1. The highest BCUT2D eigenvalue weighted by Crippen LogP contribution is 2.22. The fourth-order valence-corrected chi connectivity index (χ4v) is 3.95. The van der Waals surface area contributed by atoms with E-state index in [1.807, 2.05) is 0 Å². The van der Waals surface area contributed by atoms with Crippen molar-refractivity contribution in [2.24, 2.45) is 11.8 Å². The summed E-state index contributed by atoms with van der Waals surface area (Å²) in [6.45, 7) is 6.69. The minimum Gasteiger partial charge on any atom is -0.478 e. The first kappa shape index (κ1) is 16.0. The summed E-state index contributed by atoms with van der Waals surface area (Å²) in [5, 5.41) is 8.93. The lowest BCUT2D eigenvalue weighted by Gasteiger charge is -2.15. The average molecular weight is 311 g/mol. The number of carbonyl (C=O) groups is 1. The Hall–Kier alpha value is -1.40. The number of aromatic carboxylic acids is 1. The second-order valence-corrected chi connectivity index (χ2v) is 7.98. The second kappa shape index (κ2) is 6.15. The summed E-state index contributed by atoms with van der Waals surface area (Å²) >= 11 is 0. The first-order chi connectivity index (χ1) is 9.79. The fourth-order valence-electron chi connectivity index (χ4n) is 2.62. The Labute approximate surface area is 125 Å². The third-order valence-corrected chi connectivity index (χ3v) is 5.87. The molecule has 21 heavy (non-hydrogen) atoms. The molecule has 0 spiro atoms. The van der Waals surface area contributed by atoms with Crippen LogP contribution in [-0.4, -0.2) is 49.8 Å². The maximum atomic E-state index is 12.3. The Bertz CT molecular complexity index is 616. The first-order valence-electron chi connectivity index (χ1n) is 7.08. The Balaban J connectivity index is 2.05. The van der Waals surface area contributed by atoms with Crippen LogP contribution in [0.15, 0.2) is 29.2 Å². The number of benzene rings is 1. The van der Waals surface area contributed by atoms with Crippen LogP contribution < -0.4 is 0 Å². The molecule has 1 fully saturated rings. The van der Waals surface area contributed by atoms with Crippen molar-refractivity contribution in [2.45, 2.75) is 18.7 Å². The van der Waals surface area contributed by atoms with E-state index in [1.54, 1.807) is 0 Å². The minimum atomic E-state index is -3.44. The third-order valence-electron chi connectivity index (χ3n) is 4.18. The van der Waals surface area contributed by atoms with Crippen LogP contribution in [0.4, 0.5) is 0 Å². The van der Waals surface area contributed by atoms with Gasteiger partial charge in [-0.25, -0.2) is 13.2 Å². The van der Waals surface area contributed by atoms with Gasteiger partial charge in [0, 0.05) is 19.6 Å². The minimum absolute atomic E-state index is 0.000470. The van der Waals surface area contributed by atoms with Crippen LogP contribution in [0.3, 0.4) is 0 Å². The van der Waals surface area contributed by atoms with Gasteiger partial charge in [-0.1, -0.05) is 19.9 Å². The molecule has 6 heteroatoms. The van der Waals surface area contributed by atoms with Gasteiger partial charge in [0.15, 0.2) is 9.84 Å². The summed E-state index contributed by atoms with van der Waals surface area (Å²) in [6, 6.07) is 5.55. The molecule has 1 heterocycles. The molecule has 2 atom stereocenters. The van der Waals surface area contributed by atoms with E-state index in [-0.39, 0.29) is 16.2 Å². The van der Waals surface area contributed by atoms with Crippen molar-refractivity contribution in [1.29, 1.82) is 0 Å². The fraction of sp³-hybridized carbons (Fsp3) is 0.533. The van der Waals surface area contributed by atoms with Crippen molar-refractivity contribution in [2.75, 3.05) is 25.4 Å². The predicted octanol–water partition coefficient (Wildman–Crippen LogP) is 1.75. The summed E-state index contributed by atoms with van der Waals surface area (Å²) in [5.74, 6) is 0.0792. The summed E-state index contributed by atoms with van der Waals surface area (Å²) in [6.07, 6.45) is 0. The van der Waals surface area contributed by atoms with Crippen molar-refractivity contribution in [3.8, 4) is 0 Å². The lowest BCUT2D eigenvalue weighted by atomic mass is 10.0. The lowest BCUT2D eigenvalue weighted by Crippen LogP contribution is -2.27. The van der Waals surface area contributed by atoms with Crippen LogP contribution in [0.5, 0.6) is 0 Å². The van der Waals surface area contributed by atoms with E-state index in [0.29, 0.717) is 18.4 Å². The number of carboxylic acids is 1. The molecule has 1 aliphatic heterocycles. The van der Waals surface area contributed by atoms with Gasteiger partial charge in [-0.15, -0.1) is 0 Å². The molecule has 1 aromatic carbocycles. The molecular weight excluding hydrogens is 290 g/mol. The lowest BCUT2D eigenvalue weighted by molar-refractivity contribution is 0.0696. The molecule has 1 aliphatic rings. The Morgan fingerprint density at radius 1 is 1.29 bits per heavy atom. The molecular formula is C15H21NO4S. The van der Waals surface area contributed by atoms with Gasteiger partial charge in [-0.2, -0.15) is 0 Å². The summed E-state index contributed by atoms with van der Waals surface area (Å²) in [7, 11) is -3.44. The highest BCUT2D eigenvalue weighted by atomic mass is 32.2. The van der Waals surface area contributed by atoms with Crippen molar-refractivity contribution < 1.29 is 18.3 Å². The number of hydrogen-bond acceptors (Lipinski definition) is 4. The molecule has 0 bridgehead atoms. The van der Waals surface area contributed by atoms with Crippen LogP contribution in [0.2, 0.25) is 0 Å². The van der Waals surface area contributed by atoms with Gasteiger partial charge >= 0.3 is 5.97 Å². The van der Waals surface area contributed by atoms with Gasteiger partial charge in [0.1, 0.15) is 0 Å². The van der Waals surface area contributed by atoms with Gasteiger partial charge in [-0.05, 0) is 30.0 Å². The van der Waals surface area contributed by atoms with Crippen LogP contribution in [-0.2, 0) is 9.84 Å². The summed E-state index contributed by atoms with van der Waals surface area (Å²) < 4.78 is 24.6.